The highest BCUT2D eigenvalue weighted by molar-refractivity contribution is 6.58. The number of piperidine rings is 1. The fourth-order valence-electron chi connectivity index (χ4n) is 4.30. The van der Waals surface area contributed by atoms with Gasteiger partial charge in [0.25, 0.3) is 11.8 Å². The first-order valence-electron chi connectivity index (χ1n) is 10.9. The summed E-state index contributed by atoms with van der Waals surface area (Å²) < 4.78 is 29.6. The van der Waals surface area contributed by atoms with E-state index in [-0.39, 0.29) is 33.1 Å². The summed E-state index contributed by atoms with van der Waals surface area (Å²) in [6.45, 7) is -0.309. The summed E-state index contributed by atoms with van der Waals surface area (Å²) in [5.41, 5.74) is -2.54. The van der Waals surface area contributed by atoms with E-state index in [9.17, 15) is 28.0 Å². The summed E-state index contributed by atoms with van der Waals surface area (Å²) in [7, 11) is 35.4. The lowest BCUT2D eigenvalue weighted by molar-refractivity contribution is -0.154. The van der Waals surface area contributed by atoms with Crippen molar-refractivity contribution in [3.63, 3.8) is 0 Å². The smallest absolute Gasteiger partial charge is 0.348 e. The van der Waals surface area contributed by atoms with Crippen LogP contribution in [0, 0.1) is 0 Å². The highest BCUT2D eigenvalue weighted by Crippen LogP contribution is 2.47. The molecule has 7 nitrogen and oxygen atoms in total. The van der Waals surface area contributed by atoms with E-state index < -0.39 is 57.5 Å². The molecular weight excluding hydrogens is 509 g/mol. The lowest BCUT2D eigenvalue weighted by Gasteiger charge is -2.52. The number of carbonyl (C=O) groups is 4. The molecule has 2 aliphatic rings. The van der Waals surface area contributed by atoms with Gasteiger partial charge < -0.3 is 9.71 Å². The molecule has 0 aliphatic carbocycles. The second kappa shape index (κ2) is 9.36. The van der Waals surface area contributed by atoms with Gasteiger partial charge in [-0.05, 0) is 34.5 Å². The molecule has 1 saturated heterocycles. The van der Waals surface area contributed by atoms with Crippen molar-refractivity contribution in [2.45, 2.75) is 34.9 Å². The molecule has 0 bridgehead atoms. The van der Waals surface area contributed by atoms with E-state index in [0.717, 1.165) is 17.0 Å². The molecule has 1 N–H and O–H groups in total. The fourth-order valence-corrected chi connectivity index (χ4v) is 4.43. The zero-order chi connectivity index (χ0) is 28.4. The number of hydrogen-bond acceptors (Lipinski definition) is 4. The number of rotatable bonds is 5. The number of nitrogens with zero attached hydrogens (tertiary/aromatic N) is 2. The van der Waals surface area contributed by atoms with Gasteiger partial charge in [0.2, 0.25) is 19.8 Å². The molecule has 2 heterocycles. The van der Waals surface area contributed by atoms with Crippen LogP contribution in [0.2, 0.25) is 16.1 Å². The SMILES string of the molecule is [B]C(c1ccc2c(c1)CN(C1([B])C(=O)NC(=O)C([B])([B])C1[B])C2=O)N([B])C(=O)C(F)(F)c1ccc(Cl)cc1. The standard InChI is InChI=1S/C22H12B6ClF2N3O4/c23-14(34(28)19(38)22(30,31)11-2-4-12(29)5-3-11)9-1-6-13-10(7-9)8-33(15(13)35)21(27)16(24)20(25,26)17(36)32-18(21)37/h1-7,14,16H,8H2,(H,32,36,37). The maximum Gasteiger partial charge on any atom is 0.348 e. The minimum absolute atomic E-state index is 0.0729. The van der Waals surface area contributed by atoms with Crippen LogP contribution < -0.4 is 5.32 Å². The molecule has 4 rings (SSSR count). The Kier molecular flexibility index (Phi) is 6.92. The van der Waals surface area contributed by atoms with Gasteiger partial charge in [0.05, 0.1) is 29.0 Å². The number of benzene rings is 2. The van der Waals surface area contributed by atoms with E-state index in [1.165, 1.54) is 30.3 Å². The Labute approximate surface area is 229 Å². The van der Waals surface area contributed by atoms with E-state index in [4.69, 9.17) is 58.8 Å². The number of nitrogens with one attached hydrogen (secondary N) is 1. The summed E-state index contributed by atoms with van der Waals surface area (Å²) in [6.07, 6.45) is 0. The molecule has 3 unspecified atom stereocenters. The lowest BCUT2D eigenvalue weighted by Crippen LogP contribution is -2.70. The van der Waals surface area contributed by atoms with Gasteiger partial charge in [-0.1, -0.05) is 41.7 Å². The Morgan fingerprint density at radius 3 is 2.32 bits per heavy atom. The van der Waals surface area contributed by atoms with E-state index in [0.29, 0.717) is 0 Å². The zero-order valence-corrected chi connectivity index (χ0v) is 20.3. The first-order valence-corrected chi connectivity index (χ1v) is 11.3. The van der Waals surface area contributed by atoms with E-state index in [2.05, 4.69) is 0 Å². The van der Waals surface area contributed by atoms with Gasteiger partial charge in [0.1, 0.15) is 15.7 Å². The number of alkyl halides is 2. The molecule has 4 amide bonds. The monoisotopic (exact) mass is 521 g/mol. The highest BCUT2D eigenvalue weighted by atomic mass is 35.5. The molecule has 178 valence electrons. The van der Waals surface area contributed by atoms with Gasteiger partial charge in [-0.15, -0.1) is 0 Å². The van der Waals surface area contributed by atoms with Gasteiger partial charge >= 0.3 is 5.92 Å². The average Bonchev–Trinajstić information content (AvgIpc) is 3.21. The average molecular weight is 521 g/mol. The molecule has 12 radical (unpaired) electrons. The lowest BCUT2D eigenvalue weighted by atomic mass is 9.35. The summed E-state index contributed by atoms with van der Waals surface area (Å²) in [5, 5.41) is -0.165. The number of fused-ring (bicyclic) bond motifs is 1. The van der Waals surface area contributed by atoms with E-state index in [1.54, 1.807) is 0 Å². The third kappa shape index (κ3) is 4.19. The third-order valence-corrected chi connectivity index (χ3v) is 6.96. The summed E-state index contributed by atoms with van der Waals surface area (Å²) in [4.78, 5) is 51.4. The molecule has 0 saturated carbocycles. The molecule has 0 aromatic heterocycles. The van der Waals surface area contributed by atoms with Crippen molar-refractivity contribution in [2.24, 2.45) is 0 Å². The van der Waals surface area contributed by atoms with E-state index in [1.807, 2.05) is 5.32 Å². The molecule has 3 atom stereocenters. The van der Waals surface area contributed by atoms with Crippen LogP contribution in [0.3, 0.4) is 0 Å². The molecule has 38 heavy (non-hydrogen) atoms. The zero-order valence-electron chi connectivity index (χ0n) is 19.5. The van der Waals surface area contributed by atoms with Crippen LogP contribution in [0.1, 0.15) is 33.0 Å². The second-order valence-corrected chi connectivity index (χ2v) is 9.50. The van der Waals surface area contributed by atoms with Crippen molar-refractivity contribution in [1.29, 1.82) is 0 Å². The van der Waals surface area contributed by atoms with Crippen LogP contribution in [0.15, 0.2) is 42.5 Å². The minimum atomic E-state index is -4.02. The summed E-state index contributed by atoms with van der Waals surface area (Å²) >= 11 is 5.72. The number of halogens is 3. The summed E-state index contributed by atoms with van der Waals surface area (Å²) in [5.74, 6) is -12.0. The van der Waals surface area contributed by atoms with Crippen LogP contribution in [-0.4, -0.2) is 86.0 Å². The van der Waals surface area contributed by atoms with Gasteiger partial charge in [-0.25, -0.2) is 0 Å². The quantitative estimate of drug-likeness (QED) is 0.448. The van der Waals surface area contributed by atoms with Crippen molar-refractivity contribution in [2.75, 3.05) is 0 Å². The Morgan fingerprint density at radius 1 is 1.11 bits per heavy atom. The van der Waals surface area contributed by atoms with Gasteiger partial charge in [-0.3, -0.25) is 24.5 Å². The van der Waals surface area contributed by atoms with Crippen LogP contribution in [0.5, 0.6) is 0 Å². The van der Waals surface area contributed by atoms with Gasteiger partial charge in [0.15, 0.2) is 0 Å². The van der Waals surface area contributed by atoms with Crippen molar-refractivity contribution >= 4 is 82.4 Å². The van der Waals surface area contributed by atoms with Gasteiger partial charge in [0, 0.05) is 28.6 Å². The second-order valence-electron chi connectivity index (χ2n) is 9.07. The molecule has 2 aromatic carbocycles. The Balaban J connectivity index is 1.60. The fraction of sp³-hybridized carbons (Fsp3) is 0.273. The molecule has 1 fully saturated rings. The van der Waals surface area contributed by atoms with E-state index >= 15 is 0 Å². The predicted molar refractivity (Wildman–Crippen MR) is 138 cm³/mol. The normalized spacial score (nSPS) is 23.5. The first-order chi connectivity index (χ1) is 17.5. The topological polar surface area (TPSA) is 86.8 Å². The third-order valence-electron chi connectivity index (χ3n) is 6.70. The Bertz CT molecular complexity index is 1370. The molecule has 0 spiro atoms. The maximum atomic E-state index is 14.8. The largest absolute Gasteiger partial charge is 0.393 e. The number of amides is 4. The van der Waals surface area contributed by atoms with Crippen LogP contribution in [0.25, 0.3) is 0 Å². The summed E-state index contributed by atoms with van der Waals surface area (Å²) in [6, 6.07) is 8.28. The van der Waals surface area contributed by atoms with Crippen molar-refractivity contribution in [3.8, 4) is 0 Å². The van der Waals surface area contributed by atoms with Crippen molar-refractivity contribution < 1.29 is 28.0 Å². The van der Waals surface area contributed by atoms with Crippen LogP contribution in [-0.2, 0) is 26.9 Å². The van der Waals surface area contributed by atoms with Crippen LogP contribution >= 0.6 is 11.6 Å². The van der Waals surface area contributed by atoms with Gasteiger partial charge in [-0.2, -0.15) is 8.78 Å². The molecule has 2 aliphatic heterocycles. The molecule has 16 heteroatoms. The Hall–Kier alpha value is -2.94. The number of imide groups is 1. The predicted octanol–water partition coefficient (Wildman–Crippen LogP) is 0.0984. The van der Waals surface area contributed by atoms with Crippen LogP contribution in [0.4, 0.5) is 8.78 Å². The van der Waals surface area contributed by atoms with Crippen molar-refractivity contribution in [3.05, 3.63) is 69.7 Å². The molecular formula is C22H12B6ClF2N3O4. The number of hydrogen-bond donors (Lipinski definition) is 1. The van der Waals surface area contributed by atoms with Crippen molar-refractivity contribution in [1.82, 2.24) is 15.0 Å². The highest BCUT2D eigenvalue weighted by Gasteiger charge is 2.57. The molecule has 2 aromatic rings. The Morgan fingerprint density at radius 2 is 1.71 bits per heavy atom. The minimum Gasteiger partial charge on any atom is -0.393 e. The number of carbonyl (C=O) groups excluding carboxylic acids is 4. The maximum absolute atomic E-state index is 14.8. The first kappa shape index (κ1) is 28.1.